The minimum atomic E-state index is -1.00. The highest BCUT2D eigenvalue weighted by Gasteiger charge is 2.33. The third-order valence-corrected chi connectivity index (χ3v) is 3.72. The highest BCUT2D eigenvalue weighted by Crippen LogP contribution is 2.26. The molecule has 1 aromatic rings. The average molecular weight is 346 g/mol. The van der Waals surface area contributed by atoms with Crippen LogP contribution in [0.25, 0.3) is 0 Å². The Morgan fingerprint density at radius 1 is 1.50 bits per heavy atom. The van der Waals surface area contributed by atoms with Crippen molar-refractivity contribution in [3.63, 3.8) is 0 Å². The molecule has 1 saturated heterocycles. The van der Waals surface area contributed by atoms with Crippen LogP contribution in [-0.2, 0) is 9.59 Å². The van der Waals surface area contributed by atoms with Gasteiger partial charge in [-0.05, 0) is 47.0 Å². The average Bonchev–Trinajstić information content (AvgIpc) is 2.86. The van der Waals surface area contributed by atoms with Crippen LogP contribution in [0.4, 0.5) is 4.39 Å². The summed E-state index contributed by atoms with van der Waals surface area (Å²) >= 11 is 3.13. The molecule has 1 aromatic carbocycles. The molecule has 1 heterocycles. The predicted octanol–water partition coefficient (Wildman–Crippen LogP) is 2.04. The third-order valence-electron chi connectivity index (χ3n) is 3.10. The van der Waals surface area contributed by atoms with E-state index in [2.05, 4.69) is 15.9 Å². The molecule has 2 rings (SSSR count). The molecule has 1 amide bonds. The van der Waals surface area contributed by atoms with E-state index in [1.165, 1.54) is 23.1 Å². The summed E-state index contributed by atoms with van der Waals surface area (Å²) in [6, 6.07) is 3.09. The van der Waals surface area contributed by atoms with Crippen LogP contribution in [0.2, 0.25) is 0 Å². The van der Waals surface area contributed by atoms with Crippen molar-refractivity contribution in [1.29, 1.82) is 0 Å². The highest BCUT2D eigenvalue weighted by molar-refractivity contribution is 9.10. The quantitative estimate of drug-likeness (QED) is 0.906. The zero-order chi connectivity index (χ0) is 14.7. The smallest absolute Gasteiger partial charge is 0.326 e. The number of ether oxygens (including phenoxy) is 1. The molecule has 1 N–H and O–H groups in total. The molecule has 0 aliphatic carbocycles. The van der Waals surface area contributed by atoms with E-state index in [0.29, 0.717) is 29.6 Å². The van der Waals surface area contributed by atoms with Gasteiger partial charge in [0.25, 0.3) is 5.91 Å². The molecular formula is C13H13BrFNO4. The Hall–Kier alpha value is -1.63. The highest BCUT2D eigenvalue weighted by atomic mass is 79.9. The van der Waals surface area contributed by atoms with Crippen molar-refractivity contribution in [2.75, 3.05) is 13.2 Å². The van der Waals surface area contributed by atoms with Crippen LogP contribution in [0, 0.1) is 5.82 Å². The summed E-state index contributed by atoms with van der Waals surface area (Å²) in [5, 5.41) is 9.01. The number of amides is 1. The maximum atomic E-state index is 12.9. The third kappa shape index (κ3) is 3.27. The van der Waals surface area contributed by atoms with E-state index < -0.39 is 17.8 Å². The first kappa shape index (κ1) is 14.8. The van der Waals surface area contributed by atoms with Gasteiger partial charge in [0, 0.05) is 6.54 Å². The Bertz CT molecular complexity index is 537. The molecule has 1 atom stereocenters. The Balaban J connectivity index is 1.96. The summed E-state index contributed by atoms with van der Waals surface area (Å²) in [4.78, 5) is 24.3. The summed E-state index contributed by atoms with van der Waals surface area (Å²) in [5.41, 5.74) is 0. The first-order valence-electron chi connectivity index (χ1n) is 6.09. The van der Waals surface area contributed by atoms with Gasteiger partial charge in [-0.15, -0.1) is 0 Å². The first-order chi connectivity index (χ1) is 9.49. The van der Waals surface area contributed by atoms with Gasteiger partial charge in [-0.3, -0.25) is 4.79 Å². The predicted molar refractivity (Wildman–Crippen MR) is 72.0 cm³/mol. The zero-order valence-corrected chi connectivity index (χ0v) is 12.1. The number of carbonyl (C=O) groups is 2. The molecule has 7 heteroatoms. The number of benzene rings is 1. The van der Waals surface area contributed by atoms with Gasteiger partial charge in [0.2, 0.25) is 0 Å². The normalized spacial score (nSPS) is 18.1. The van der Waals surface area contributed by atoms with E-state index in [1.807, 2.05) is 0 Å². The molecule has 1 aliphatic heterocycles. The van der Waals surface area contributed by atoms with Crippen LogP contribution in [0.3, 0.4) is 0 Å². The van der Waals surface area contributed by atoms with Crippen molar-refractivity contribution in [1.82, 2.24) is 4.90 Å². The van der Waals surface area contributed by atoms with E-state index in [-0.39, 0.29) is 12.5 Å². The van der Waals surface area contributed by atoms with E-state index in [9.17, 15) is 14.0 Å². The minimum absolute atomic E-state index is 0.270. The minimum Gasteiger partial charge on any atom is -0.483 e. The fourth-order valence-corrected chi connectivity index (χ4v) is 2.60. The second-order valence-electron chi connectivity index (χ2n) is 4.45. The molecule has 20 heavy (non-hydrogen) atoms. The van der Waals surface area contributed by atoms with Crippen molar-refractivity contribution in [2.24, 2.45) is 0 Å². The summed E-state index contributed by atoms with van der Waals surface area (Å²) in [7, 11) is 0. The van der Waals surface area contributed by atoms with Gasteiger partial charge in [-0.2, -0.15) is 0 Å². The van der Waals surface area contributed by atoms with Crippen molar-refractivity contribution < 1.29 is 23.8 Å². The number of rotatable bonds is 4. The monoisotopic (exact) mass is 345 g/mol. The molecule has 0 radical (unpaired) electrons. The Morgan fingerprint density at radius 2 is 2.25 bits per heavy atom. The van der Waals surface area contributed by atoms with E-state index in [4.69, 9.17) is 9.84 Å². The van der Waals surface area contributed by atoms with Crippen LogP contribution >= 0.6 is 15.9 Å². The summed E-state index contributed by atoms with van der Waals surface area (Å²) in [6.07, 6.45) is 1.13. The van der Waals surface area contributed by atoms with Gasteiger partial charge in [0.05, 0.1) is 4.47 Å². The molecule has 0 spiro atoms. The van der Waals surface area contributed by atoms with Gasteiger partial charge in [-0.25, -0.2) is 9.18 Å². The van der Waals surface area contributed by atoms with Crippen LogP contribution in [-0.4, -0.2) is 41.1 Å². The summed E-state index contributed by atoms with van der Waals surface area (Å²) in [6.45, 7) is 0.151. The van der Waals surface area contributed by atoms with Crippen molar-refractivity contribution >= 4 is 27.8 Å². The van der Waals surface area contributed by atoms with Gasteiger partial charge >= 0.3 is 5.97 Å². The molecule has 1 aliphatic rings. The zero-order valence-electron chi connectivity index (χ0n) is 10.5. The van der Waals surface area contributed by atoms with Crippen molar-refractivity contribution in [3.8, 4) is 5.75 Å². The molecule has 0 unspecified atom stereocenters. The maximum Gasteiger partial charge on any atom is 0.326 e. The van der Waals surface area contributed by atoms with E-state index in [0.717, 1.165) is 0 Å². The van der Waals surface area contributed by atoms with Crippen LogP contribution < -0.4 is 4.74 Å². The Labute approximate surface area is 123 Å². The summed E-state index contributed by atoms with van der Waals surface area (Å²) < 4.78 is 18.6. The number of halogens is 2. The standard InChI is InChI=1S/C13H13BrFNO4/c14-9-6-8(15)3-4-11(9)20-7-12(17)16-5-1-2-10(16)13(18)19/h3-4,6,10H,1-2,5,7H2,(H,18,19)/t10-/m0/s1. The number of carbonyl (C=O) groups excluding carboxylic acids is 1. The lowest BCUT2D eigenvalue weighted by Crippen LogP contribution is -2.42. The second kappa shape index (κ2) is 6.21. The van der Waals surface area contributed by atoms with Crippen molar-refractivity contribution in [3.05, 3.63) is 28.5 Å². The largest absolute Gasteiger partial charge is 0.483 e. The van der Waals surface area contributed by atoms with Crippen LogP contribution in [0.5, 0.6) is 5.75 Å². The molecule has 0 aromatic heterocycles. The molecule has 1 fully saturated rings. The fraction of sp³-hybridized carbons (Fsp3) is 0.385. The lowest BCUT2D eigenvalue weighted by molar-refractivity contribution is -0.148. The number of nitrogens with zero attached hydrogens (tertiary/aromatic N) is 1. The summed E-state index contributed by atoms with van der Waals surface area (Å²) in [5.74, 6) is -1.46. The van der Waals surface area contributed by atoms with Gasteiger partial charge in [0.1, 0.15) is 17.6 Å². The van der Waals surface area contributed by atoms with Crippen LogP contribution in [0.1, 0.15) is 12.8 Å². The van der Waals surface area contributed by atoms with E-state index >= 15 is 0 Å². The number of hydrogen-bond acceptors (Lipinski definition) is 3. The van der Waals surface area contributed by atoms with Gasteiger partial charge in [-0.1, -0.05) is 0 Å². The number of hydrogen-bond donors (Lipinski definition) is 1. The Kier molecular flexibility index (Phi) is 4.59. The lowest BCUT2D eigenvalue weighted by atomic mass is 10.2. The second-order valence-corrected chi connectivity index (χ2v) is 5.30. The molecule has 0 bridgehead atoms. The maximum absolute atomic E-state index is 12.9. The molecule has 108 valence electrons. The Morgan fingerprint density at radius 3 is 2.90 bits per heavy atom. The fourth-order valence-electron chi connectivity index (χ4n) is 2.14. The van der Waals surface area contributed by atoms with Crippen molar-refractivity contribution in [2.45, 2.75) is 18.9 Å². The number of carboxylic acids is 1. The topological polar surface area (TPSA) is 66.8 Å². The molecule has 5 nitrogen and oxygen atoms in total. The number of carboxylic acid groups (broad SMARTS) is 1. The van der Waals surface area contributed by atoms with Gasteiger partial charge in [0.15, 0.2) is 6.61 Å². The first-order valence-corrected chi connectivity index (χ1v) is 6.88. The van der Waals surface area contributed by atoms with E-state index in [1.54, 1.807) is 0 Å². The van der Waals surface area contributed by atoms with Crippen LogP contribution in [0.15, 0.2) is 22.7 Å². The van der Waals surface area contributed by atoms with Gasteiger partial charge < -0.3 is 14.7 Å². The lowest BCUT2D eigenvalue weighted by Gasteiger charge is -2.21. The molecular weight excluding hydrogens is 333 g/mol. The molecule has 0 saturated carbocycles. The number of aliphatic carboxylic acids is 1. The SMILES string of the molecule is O=C(O)[C@@H]1CCCN1C(=O)COc1ccc(F)cc1Br. The number of likely N-dealkylation sites (tertiary alicyclic amines) is 1.